The minimum Gasteiger partial charge on any atom is -0.496 e. The number of nitrogens with zero attached hydrogens (tertiary/aromatic N) is 4. The Morgan fingerprint density at radius 1 is 1.00 bits per heavy atom. The van der Waals surface area contributed by atoms with Gasteiger partial charge in [0.25, 0.3) is 5.91 Å². The Morgan fingerprint density at radius 2 is 1.82 bits per heavy atom. The quantitative estimate of drug-likeness (QED) is 0.350. The van der Waals surface area contributed by atoms with Crippen LogP contribution in [0.25, 0.3) is 32.9 Å². The third-order valence-corrected chi connectivity index (χ3v) is 6.07. The fourth-order valence-corrected chi connectivity index (χ4v) is 4.30. The van der Waals surface area contributed by atoms with Gasteiger partial charge in [-0.05, 0) is 36.4 Å². The zero-order valence-corrected chi connectivity index (χ0v) is 18.9. The van der Waals surface area contributed by atoms with Gasteiger partial charge in [0.05, 0.1) is 18.9 Å². The number of carbonyl (C=O) groups excluding carboxylic acids is 1. The molecule has 3 aromatic heterocycles. The van der Waals surface area contributed by atoms with E-state index in [1.807, 2.05) is 36.4 Å². The molecule has 0 atom stereocenters. The highest BCUT2D eigenvalue weighted by atomic mass is 35.5. The first-order valence-electron chi connectivity index (χ1n) is 9.90. The number of thiazole rings is 1. The number of rotatable bonds is 5. The van der Waals surface area contributed by atoms with Gasteiger partial charge in [-0.2, -0.15) is 0 Å². The Bertz CT molecular complexity index is 1470. The van der Waals surface area contributed by atoms with Crippen LogP contribution in [-0.4, -0.2) is 33.0 Å². The third kappa shape index (κ3) is 4.26. The minimum absolute atomic E-state index is 0.303. The normalized spacial score (nSPS) is 10.8. The van der Waals surface area contributed by atoms with Crippen molar-refractivity contribution >= 4 is 44.3 Å². The molecule has 1 N–H and O–H groups in total. The number of halogens is 1. The maximum absolute atomic E-state index is 13.1. The zero-order valence-electron chi connectivity index (χ0n) is 17.3. The summed E-state index contributed by atoms with van der Waals surface area (Å²) in [5.41, 5.74) is 3.35. The van der Waals surface area contributed by atoms with Gasteiger partial charge in [0.1, 0.15) is 16.1 Å². The summed E-state index contributed by atoms with van der Waals surface area (Å²) in [5.74, 6) is 0.918. The number of amides is 1. The average Bonchev–Trinajstić information content (AvgIpc) is 3.26. The maximum Gasteiger partial charge on any atom is 0.258 e. The number of aromatic nitrogens is 4. The first-order chi connectivity index (χ1) is 16.1. The number of para-hydroxylation sites is 1. The van der Waals surface area contributed by atoms with Crippen LogP contribution in [0.5, 0.6) is 5.75 Å². The summed E-state index contributed by atoms with van der Waals surface area (Å²) in [7, 11) is 1.59. The molecule has 0 fully saturated rings. The number of hydrogen-bond donors (Lipinski definition) is 1. The zero-order chi connectivity index (χ0) is 22.8. The fourth-order valence-electron chi connectivity index (χ4n) is 3.37. The molecule has 0 radical (unpaired) electrons. The van der Waals surface area contributed by atoms with Crippen LogP contribution >= 0.6 is 22.9 Å². The van der Waals surface area contributed by atoms with Gasteiger partial charge in [-0.3, -0.25) is 15.1 Å². The van der Waals surface area contributed by atoms with Crippen molar-refractivity contribution in [1.82, 2.24) is 19.9 Å². The van der Waals surface area contributed by atoms with Gasteiger partial charge in [-0.1, -0.05) is 41.1 Å². The lowest BCUT2D eigenvalue weighted by Crippen LogP contribution is -2.13. The van der Waals surface area contributed by atoms with Crippen LogP contribution in [0.1, 0.15) is 10.4 Å². The SMILES string of the molecule is COc1ccccc1-c1cnccc1C(=O)Nc1nc2cnc(-c3ccc(Cl)cc3)nc2s1. The molecule has 3 heterocycles. The number of hydrogen-bond acceptors (Lipinski definition) is 7. The van der Waals surface area contributed by atoms with E-state index in [4.69, 9.17) is 16.3 Å². The van der Waals surface area contributed by atoms with E-state index < -0.39 is 0 Å². The van der Waals surface area contributed by atoms with E-state index in [0.717, 1.165) is 11.1 Å². The topological polar surface area (TPSA) is 89.9 Å². The Balaban J connectivity index is 1.45. The van der Waals surface area contributed by atoms with Crippen molar-refractivity contribution in [1.29, 1.82) is 0 Å². The molecule has 7 nitrogen and oxygen atoms in total. The van der Waals surface area contributed by atoms with E-state index in [1.54, 1.807) is 43.9 Å². The Morgan fingerprint density at radius 3 is 2.64 bits per heavy atom. The van der Waals surface area contributed by atoms with Gasteiger partial charge in [-0.15, -0.1) is 0 Å². The third-order valence-electron chi connectivity index (χ3n) is 4.94. The number of pyridine rings is 1. The lowest BCUT2D eigenvalue weighted by atomic mass is 10.0. The first-order valence-corrected chi connectivity index (χ1v) is 11.1. The second-order valence-electron chi connectivity index (χ2n) is 6.99. The summed E-state index contributed by atoms with van der Waals surface area (Å²) in [4.78, 5) is 31.4. The van der Waals surface area contributed by atoms with E-state index in [-0.39, 0.29) is 5.91 Å². The number of anilines is 1. The molecule has 162 valence electrons. The number of fused-ring (bicyclic) bond motifs is 1. The predicted molar refractivity (Wildman–Crippen MR) is 130 cm³/mol. The predicted octanol–water partition coefficient (Wildman–Crippen LogP) is 5.73. The lowest BCUT2D eigenvalue weighted by molar-refractivity contribution is 0.102. The molecule has 1 amide bonds. The summed E-state index contributed by atoms with van der Waals surface area (Å²) in [6, 6.07) is 16.4. The van der Waals surface area contributed by atoms with E-state index in [9.17, 15) is 4.79 Å². The molecule has 0 bridgehead atoms. The van der Waals surface area contributed by atoms with Gasteiger partial charge in [-0.25, -0.2) is 15.0 Å². The van der Waals surface area contributed by atoms with Gasteiger partial charge in [0, 0.05) is 34.1 Å². The Kier molecular flexibility index (Phi) is 5.68. The van der Waals surface area contributed by atoms with Gasteiger partial charge >= 0.3 is 0 Å². The molecule has 0 saturated carbocycles. The number of ether oxygens (including phenoxy) is 1. The molecule has 0 aliphatic heterocycles. The number of carbonyl (C=O) groups is 1. The molecule has 5 rings (SSSR count). The van der Waals surface area contributed by atoms with Gasteiger partial charge < -0.3 is 4.74 Å². The summed E-state index contributed by atoms with van der Waals surface area (Å²) in [6.07, 6.45) is 4.87. The van der Waals surface area contributed by atoms with Crippen molar-refractivity contribution in [3.05, 3.63) is 83.8 Å². The Hall–Kier alpha value is -3.88. The van der Waals surface area contributed by atoms with Crippen molar-refractivity contribution in [2.45, 2.75) is 0 Å². The number of methoxy groups -OCH3 is 1. The van der Waals surface area contributed by atoms with Crippen molar-refractivity contribution in [2.75, 3.05) is 12.4 Å². The molecule has 0 unspecified atom stereocenters. The molecule has 0 spiro atoms. The van der Waals surface area contributed by atoms with E-state index >= 15 is 0 Å². The molecule has 0 aliphatic rings. The molecule has 33 heavy (non-hydrogen) atoms. The molecular weight excluding hydrogens is 458 g/mol. The maximum atomic E-state index is 13.1. The van der Waals surface area contributed by atoms with E-state index in [0.29, 0.717) is 43.2 Å². The van der Waals surface area contributed by atoms with Crippen LogP contribution in [0.3, 0.4) is 0 Å². The van der Waals surface area contributed by atoms with Crippen molar-refractivity contribution < 1.29 is 9.53 Å². The van der Waals surface area contributed by atoms with Crippen LogP contribution < -0.4 is 10.1 Å². The first kappa shape index (κ1) is 21.0. The summed E-state index contributed by atoms with van der Waals surface area (Å²) < 4.78 is 5.45. The van der Waals surface area contributed by atoms with Crippen molar-refractivity contribution in [2.24, 2.45) is 0 Å². The summed E-state index contributed by atoms with van der Waals surface area (Å²) >= 11 is 7.24. The standard InChI is InChI=1S/C24H16ClN5O2S/c1-32-20-5-3-2-4-16(20)18-12-26-11-10-17(18)22(31)30-24-28-19-13-27-21(29-23(19)33-24)14-6-8-15(25)9-7-14/h2-13H,1H3,(H,28,30,31). The van der Waals surface area contributed by atoms with Gasteiger partial charge in [0.2, 0.25) is 0 Å². The van der Waals surface area contributed by atoms with E-state index in [2.05, 4.69) is 25.3 Å². The molecule has 0 saturated heterocycles. The monoisotopic (exact) mass is 473 g/mol. The average molecular weight is 474 g/mol. The molecule has 5 aromatic rings. The van der Waals surface area contributed by atoms with Crippen molar-refractivity contribution in [3.63, 3.8) is 0 Å². The second kappa shape index (κ2) is 8.93. The number of benzene rings is 2. The van der Waals surface area contributed by atoms with E-state index in [1.165, 1.54) is 11.3 Å². The molecule has 2 aromatic carbocycles. The van der Waals surface area contributed by atoms with Crippen LogP contribution in [0.2, 0.25) is 5.02 Å². The van der Waals surface area contributed by atoms with Crippen molar-refractivity contribution in [3.8, 4) is 28.3 Å². The smallest absolute Gasteiger partial charge is 0.258 e. The number of nitrogens with one attached hydrogen (secondary N) is 1. The van der Waals surface area contributed by atoms with Crippen LogP contribution in [0, 0.1) is 0 Å². The van der Waals surface area contributed by atoms with Crippen LogP contribution in [0.4, 0.5) is 5.13 Å². The highest BCUT2D eigenvalue weighted by molar-refractivity contribution is 7.22. The minimum atomic E-state index is -0.303. The second-order valence-corrected chi connectivity index (χ2v) is 8.40. The molecule has 0 aliphatic carbocycles. The lowest BCUT2D eigenvalue weighted by Gasteiger charge is -2.11. The highest BCUT2D eigenvalue weighted by Gasteiger charge is 2.18. The van der Waals surface area contributed by atoms with Crippen LogP contribution in [0.15, 0.2) is 73.2 Å². The largest absolute Gasteiger partial charge is 0.496 e. The molecular formula is C24H16ClN5O2S. The fraction of sp³-hybridized carbons (Fsp3) is 0.0417. The summed E-state index contributed by atoms with van der Waals surface area (Å²) in [6.45, 7) is 0. The molecule has 9 heteroatoms. The van der Waals surface area contributed by atoms with Gasteiger partial charge in [0.15, 0.2) is 11.0 Å². The Labute approximate surface area is 198 Å². The summed E-state index contributed by atoms with van der Waals surface area (Å²) in [5, 5.41) is 3.95. The highest BCUT2D eigenvalue weighted by Crippen LogP contribution is 2.32. The van der Waals surface area contributed by atoms with Crippen LogP contribution in [-0.2, 0) is 0 Å².